The first kappa shape index (κ1) is 15.2. The third-order valence-electron chi connectivity index (χ3n) is 3.90. The predicted molar refractivity (Wildman–Crippen MR) is 89.7 cm³/mol. The maximum Gasteiger partial charge on any atom is 0.254 e. The average molecular weight is 312 g/mol. The van der Waals surface area contributed by atoms with Crippen molar-refractivity contribution in [2.45, 2.75) is 19.5 Å². The molecule has 0 bridgehead atoms. The number of carbonyl (C=O) groups excluding carboxylic acids is 1. The van der Waals surface area contributed by atoms with Crippen LogP contribution in [-0.4, -0.2) is 34.9 Å². The summed E-state index contributed by atoms with van der Waals surface area (Å²) in [6.45, 7) is 2.53. The number of anilines is 3. The number of benzene rings is 1. The van der Waals surface area contributed by atoms with Gasteiger partial charge in [-0.2, -0.15) is 4.98 Å². The van der Waals surface area contributed by atoms with Gasteiger partial charge >= 0.3 is 0 Å². The Labute approximate surface area is 134 Å². The molecule has 0 saturated carbocycles. The summed E-state index contributed by atoms with van der Waals surface area (Å²) in [5, 5.41) is 6.16. The molecule has 120 valence electrons. The van der Waals surface area contributed by atoms with E-state index in [0.717, 1.165) is 22.4 Å². The molecule has 2 heterocycles. The van der Waals surface area contributed by atoms with Gasteiger partial charge in [-0.1, -0.05) is 6.07 Å². The Bertz CT molecular complexity index is 758. The third-order valence-corrected chi connectivity index (χ3v) is 3.90. The number of amides is 1. The number of nitrogens with two attached hydrogens (primary N) is 1. The summed E-state index contributed by atoms with van der Waals surface area (Å²) in [6, 6.07) is 5.56. The molecule has 0 saturated heterocycles. The van der Waals surface area contributed by atoms with Crippen molar-refractivity contribution in [1.29, 1.82) is 0 Å². The van der Waals surface area contributed by atoms with Gasteiger partial charge < -0.3 is 21.3 Å². The van der Waals surface area contributed by atoms with Crippen molar-refractivity contribution in [2.24, 2.45) is 5.73 Å². The highest BCUT2D eigenvalue weighted by Gasteiger charge is 2.24. The second kappa shape index (κ2) is 5.85. The molecule has 2 aromatic rings. The Morgan fingerprint density at radius 3 is 2.87 bits per heavy atom. The Kier molecular flexibility index (Phi) is 3.87. The first-order chi connectivity index (χ1) is 11.0. The fourth-order valence-corrected chi connectivity index (χ4v) is 2.64. The van der Waals surface area contributed by atoms with E-state index in [4.69, 9.17) is 5.73 Å². The molecule has 0 unspecified atom stereocenters. The largest absolute Gasteiger partial charge is 0.373 e. The average Bonchev–Trinajstić information content (AvgIpc) is 2.82. The van der Waals surface area contributed by atoms with Crippen molar-refractivity contribution < 1.29 is 4.79 Å². The van der Waals surface area contributed by atoms with E-state index in [0.29, 0.717) is 18.3 Å². The molecule has 1 atom stereocenters. The van der Waals surface area contributed by atoms with Crippen LogP contribution in [0.3, 0.4) is 0 Å². The molecule has 23 heavy (non-hydrogen) atoms. The smallest absolute Gasteiger partial charge is 0.254 e. The number of hydrogen-bond acceptors (Lipinski definition) is 6. The first-order valence-electron chi connectivity index (χ1n) is 7.45. The van der Waals surface area contributed by atoms with Crippen LogP contribution < -0.4 is 16.4 Å². The molecule has 4 N–H and O–H groups in total. The number of nitrogens with zero attached hydrogens (tertiary/aromatic N) is 3. The van der Waals surface area contributed by atoms with Crippen LogP contribution in [0.1, 0.15) is 34.5 Å². The van der Waals surface area contributed by atoms with Gasteiger partial charge in [-0.3, -0.25) is 4.79 Å². The van der Waals surface area contributed by atoms with E-state index in [1.807, 2.05) is 25.1 Å². The lowest BCUT2D eigenvalue weighted by Crippen LogP contribution is -2.17. The molecule has 7 heteroatoms. The van der Waals surface area contributed by atoms with Crippen LogP contribution in [0.5, 0.6) is 0 Å². The summed E-state index contributed by atoms with van der Waals surface area (Å²) in [6.07, 6.45) is 1.71. The standard InChI is InChI=1S/C16H20N6O/c1-9(17)13-7-19-16(21-14(13)18-2)20-11-5-4-10-8-22(3)15(23)12(10)6-11/h4-7,9H,8,17H2,1-3H3,(H2,18,19,20,21)/t9-/m0/s1. The zero-order chi connectivity index (χ0) is 16.6. The van der Waals surface area contributed by atoms with Crippen molar-refractivity contribution in [2.75, 3.05) is 24.7 Å². The third kappa shape index (κ3) is 2.83. The molecule has 1 aliphatic rings. The van der Waals surface area contributed by atoms with Crippen molar-refractivity contribution in [3.8, 4) is 0 Å². The van der Waals surface area contributed by atoms with E-state index in [2.05, 4.69) is 20.6 Å². The normalized spacial score (nSPS) is 14.6. The molecular weight excluding hydrogens is 292 g/mol. The van der Waals surface area contributed by atoms with Gasteiger partial charge in [0.1, 0.15) is 5.82 Å². The zero-order valence-corrected chi connectivity index (χ0v) is 13.4. The van der Waals surface area contributed by atoms with Crippen molar-refractivity contribution in [1.82, 2.24) is 14.9 Å². The summed E-state index contributed by atoms with van der Waals surface area (Å²) < 4.78 is 0. The zero-order valence-electron chi connectivity index (χ0n) is 13.4. The highest BCUT2D eigenvalue weighted by Crippen LogP contribution is 2.26. The van der Waals surface area contributed by atoms with Crippen LogP contribution >= 0.6 is 0 Å². The van der Waals surface area contributed by atoms with Crippen molar-refractivity contribution in [3.63, 3.8) is 0 Å². The number of carbonyl (C=O) groups is 1. The van der Waals surface area contributed by atoms with E-state index in [-0.39, 0.29) is 11.9 Å². The van der Waals surface area contributed by atoms with Crippen LogP contribution in [-0.2, 0) is 6.54 Å². The summed E-state index contributed by atoms with van der Waals surface area (Å²) in [4.78, 5) is 22.5. The van der Waals surface area contributed by atoms with Gasteiger partial charge in [0.05, 0.1) is 0 Å². The fraction of sp³-hybridized carbons (Fsp3) is 0.312. The van der Waals surface area contributed by atoms with Crippen molar-refractivity contribution >= 4 is 23.4 Å². The molecular formula is C16H20N6O. The quantitative estimate of drug-likeness (QED) is 0.797. The summed E-state index contributed by atoms with van der Waals surface area (Å²) in [7, 11) is 3.59. The van der Waals surface area contributed by atoms with E-state index in [1.165, 1.54) is 0 Å². The lowest BCUT2D eigenvalue weighted by molar-refractivity contribution is 0.0816. The minimum Gasteiger partial charge on any atom is -0.373 e. The van der Waals surface area contributed by atoms with E-state index >= 15 is 0 Å². The molecule has 0 fully saturated rings. The minimum absolute atomic E-state index is 0.0350. The van der Waals surface area contributed by atoms with Gasteiger partial charge in [-0.25, -0.2) is 4.98 Å². The minimum atomic E-state index is -0.153. The van der Waals surface area contributed by atoms with Gasteiger partial charge in [0.25, 0.3) is 5.91 Å². The van der Waals surface area contributed by atoms with Crippen LogP contribution in [0.4, 0.5) is 17.5 Å². The second-order valence-corrected chi connectivity index (χ2v) is 5.69. The predicted octanol–water partition coefficient (Wildman–Crippen LogP) is 1.87. The van der Waals surface area contributed by atoms with Gasteiger partial charge in [-0.05, 0) is 24.6 Å². The fourth-order valence-electron chi connectivity index (χ4n) is 2.64. The summed E-state index contributed by atoms with van der Waals surface area (Å²) in [5.74, 6) is 1.18. The second-order valence-electron chi connectivity index (χ2n) is 5.69. The SMILES string of the molecule is CNc1nc(Nc2ccc3c(c2)C(=O)N(C)C3)ncc1[C@H](C)N. The molecule has 7 nitrogen and oxygen atoms in total. The topological polar surface area (TPSA) is 96.2 Å². The molecule has 0 spiro atoms. The maximum atomic E-state index is 12.1. The van der Waals surface area contributed by atoms with Gasteiger partial charge in [0, 0.05) is 49.7 Å². The Hall–Kier alpha value is -2.67. The van der Waals surface area contributed by atoms with E-state index in [9.17, 15) is 4.79 Å². The van der Waals surface area contributed by atoms with Crippen LogP contribution in [0, 0.1) is 0 Å². The molecule has 0 aliphatic carbocycles. The Morgan fingerprint density at radius 2 is 2.17 bits per heavy atom. The molecule has 1 aliphatic heterocycles. The number of nitrogens with one attached hydrogen (secondary N) is 2. The molecule has 1 amide bonds. The van der Waals surface area contributed by atoms with Crippen LogP contribution in [0.2, 0.25) is 0 Å². The lowest BCUT2D eigenvalue weighted by Gasteiger charge is -2.13. The molecule has 3 rings (SSSR count). The summed E-state index contributed by atoms with van der Waals surface area (Å²) in [5.41, 5.74) is 9.29. The number of aromatic nitrogens is 2. The lowest BCUT2D eigenvalue weighted by atomic mass is 10.1. The van der Waals surface area contributed by atoms with Gasteiger partial charge in [0.2, 0.25) is 5.95 Å². The summed E-state index contributed by atoms with van der Waals surface area (Å²) >= 11 is 0. The van der Waals surface area contributed by atoms with Crippen molar-refractivity contribution in [3.05, 3.63) is 41.1 Å². The van der Waals surface area contributed by atoms with Crippen LogP contribution in [0.25, 0.3) is 0 Å². The molecule has 1 aromatic heterocycles. The first-order valence-corrected chi connectivity index (χ1v) is 7.45. The highest BCUT2D eigenvalue weighted by atomic mass is 16.2. The Morgan fingerprint density at radius 1 is 1.39 bits per heavy atom. The Balaban J connectivity index is 1.87. The number of rotatable bonds is 4. The number of fused-ring (bicyclic) bond motifs is 1. The van der Waals surface area contributed by atoms with Gasteiger partial charge in [0.15, 0.2) is 0 Å². The highest BCUT2D eigenvalue weighted by molar-refractivity contribution is 5.99. The number of hydrogen-bond donors (Lipinski definition) is 3. The van der Waals surface area contributed by atoms with Gasteiger partial charge in [-0.15, -0.1) is 0 Å². The van der Waals surface area contributed by atoms with E-state index in [1.54, 1.807) is 25.2 Å². The van der Waals surface area contributed by atoms with Crippen LogP contribution in [0.15, 0.2) is 24.4 Å². The monoisotopic (exact) mass is 312 g/mol. The molecule has 0 radical (unpaired) electrons. The van der Waals surface area contributed by atoms with E-state index < -0.39 is 0 Å². The molecule has 1 aromatic carbocycles. The maximum absolute atomic E-state index is 12.1.